The van der Waals surface area contributed by atoms with Gasteiger partial charge in [-0.3, -0.25) is 24.8 Å². The first-order valence-electron chi connectivity index (χ1n) is 15.2. The van der Waals surface area contributed by atoms with Crippen molar-refractivity contribution in [2.24, 2.45) is 5.92 Å². The van der Waals surface area contributed by atoms with Gasteiger partial charge in [-0.2, -0.15) is 0 Å². The van der Waals surface area contributed by atoms with E-state index in [1.165, 1.54) is 0 Å². The zero-order valence-corrected chi connectivity index (χ0v) is 25.8. The normalized spacial score (nSPS) is 18.8. The van der Waals surface area contributed by atoms with Crippen LogP contribution in [0.5, 0.6) is 0 Å². The Labute approximate surface area is 261 Å². The number of nitrogens with zero attached hydrogens (tertiary/aromatic N) is 6. The highest BCUT2D eigenvalue weighted by atomic mass is 32.2. The fraction of sp³-hybridized carbons (Fsp3) is 0.344. The van der Waals surface area contributed by atoms with Crippen LogP contribution >= 0.6 is 0 Å². The Hall–Kier alpha value is -4.30. The van der Waals surface area contributed by atoms with Crippen LogP contribution in [0.4, 0.5) is 5.95 Å². The van der Waals surface area contributed by atoms with Crippen LogP contribution in [0, 0.1) is 5.92 Å². The molecule has 1 saturated carbocycles. The zero-order valence-electron chi connectivity index (χ0n) is 25.0. The SMILES string of the molecule is CC(C)CNS(=O)(=O)c1cc2c(c3cnc(C4CC4)cc13)[C@@H](Nc1nncn1-c1cccnc1)C[C@@H]2NC(O)c1cccnc1. The van der Waals surface area contributed by atoms with E-state index in [4.69, 9.17) is 4.98 Å². The highest BCUT2D eigenvalue weighted by Crippen LogP contribution is 2.48. The quantitative estimate of drug-likeness (QED) is 0.156. The van der Waals surface area contributed by atoms with Crippen LogP contribution in [-0.2, 0) is 10.0 Å². The van der Waals surface area contributed by atoms with Gasteiger partial charge in [0.05, 0.1) is 22.8 Å². The topological polar surface area (TPSA) is 160 Å². The Morgan fingerprint density at radius 1 is 1.02 bits per heavy atom. The molecule has 2 aliphatic rings. The average Bonchev–Trinajstić information content (AvgIpc) is 3.71. The Balaban J connectivity index is 1.36. The second-order valence-electron chi connectivity index (χ2n) is 12.1. The van der Waals surface area contributed by atoms with E-state index < -0.39 is 22.3 Å². The van der Waals surface area contributed by atoms with Gasteiger partial charge in [0.1, 0.15) is 12.6 Å². The number of benzene rings is 1. The number of nitrogens with one attached hydrogen (secondary N) is 3. The van der Waals surface area contributed by atoms with Crippen molar-refractivity contribution in [1.82, 2.24) is 39.8 Å². The molecule has 232 valence electrons. The van der Waals surface area contributed by atoms with Crippen molar-refractivity contribution >= 4 is 26.7 Å². The first-order valence-corrected chi connectivity index (χ1v) is 16.6. The molecule has 1 aromatic carbocycles. The number of pyridine rings is 3. The minimum atomic E-state index is -3.87. The lowest BCUT2D eigenvalue weighted by Gasteiger charge is -2.21. The zero-order chi connectivity index (χ0) is 31.1. The summed E-state index contributed by atoms with van der Waals surface area (Å²) in [5.74, 6) is 0.996. The lowest BCUT2D eigenvalue weighted by molar-refractivity contribution is 0.122. The van der Waals surface area contributed by atoms with E-state index in [1.807, 2.05) is 42.8 Å². The fourth-order valence-corrected chi connectivity index (χ4v) is 7.42. The van der Waals surface area contributed by atoms with Crippen LogP contribution in [0.3, 0.4) is 0 Å². The molecule has 0 radical (unpaired) electrons. The number of sulfonamides is 1. The first-order chi connectivity index (χ1) is 21.8. The maximum Gasteiger partial charge on any atom is 0.241 e. The number of fused-ring (bicyclic) bond motifs is 3. The number of aliphatic hydroxyl groups is 1. The van der Waals surface area contributed by atoms with Crippen molar-refractivity contribution in [3.63, 3.8) is 0 Å². The summed E-state index contributed by atoms with van der Waals surface area (Å²) in [6.45, 7) is 4.26. The minimum Gasteiger partial charge on any atom is -0.374 e. The van der Waals surface area contributed by atoms with Crippen molar-refractivity contribution < 1.29 is 13.5 Å². The molecule has 4 aromatic heterocycles. The van der Waals surface area contributed by atoms with Gasteiger partial charge in [-0.25, -0.2) is 13.1 Å². The molecule has 12 nitrogen and oxygen atoms in total. The van der Waals surface area contributed by atoms with Crippen LogP contribution in [0.2, 0.25) is 0 Å². The molecule has 3 atom stereocenters. The summed E-state index contributed by atoms with van der Waals surface area (Å²) in [4.78, 5) is 13.4. The second-order valence-corrected chi connectivity index (χ2v) is 13.9. The van der Waals surface area contributed by atoms with E-state index in [2.05, 4.69) is 35.5 Å². The van der Waals surface area contributed by atoms with Crippen molar-refractivity contribution in [2.75, 3.05) is 11.9 Å². The highest BCUT2D eigenvalue weighted by Gasteiger charge is 2.38. The van der Waals surface area contributed by atoms with Gasteiger partial charge < -0.3 is 10.4 Å². The molecule has 1 fully saturated rings. The number of anilines is 1. The Morgan fingerprint density at radius 2 is 1.82 bits per heavy atom. The standard InChI is InChI=1S/C32H35N9O3S/c1-19(2)14-37-45(43,44)29-12-24-27(38-31(42)21-5-3-9-33-15-21)13-28(30(24)25-17-35-26(11-23(25)29)20-7-8-20)39-32-40-36-18-41(32)22-6-4-10-34-16-22/h3-6,9-12,15-20,27-28,31,37-38,42H,7-8,13-14H2,1-2H3,(H,39,40)/t27-,28-,31?/m0/s1. The average molecular weight is 626 g/mol. The maximum atomic E-state index is 13.9. The molecular weight excluding hydrogens is 590 g/mol. The molecule has 0 spiro atoms. The van der Waals surface area contributed by atoms with E-state index in [9.17, 15) is 13.5 Å². The van der Waals surface area contributed by atoms with Gasteiger partial charge in [0.15, 0.2) is 0 Å². The fourth-order valence-electron chi connectivity index (χ4n) is 5.97. The molecular formula is C32H35N9O3S. The maximum absolute atomic E-state index is 13.9. The van der Waals surface area contributed by atoms with Crippen molar-refractivity contribution in [3.05, 3.63) is 96.1 Å². The van der Waals surface area contributed by atoms with Crippen LogP contribution in [-0.4, -0.2) is 49.8 Å². The second kappa shape index (κ2) is 11.9. The Morgan fingerprint density at radius 3 is 2.53 bits per heavy atom. The van der Waals surface area contributed by atoms with E-state index in [0.717, 1.165) is 40.7 Å². The molecule has 5 aromatic rings. The Kier molecular flexibility index (Phi) is 7.78. The number of rotatable bonds is 11. The van der Waals surface area contributed by atoms with Gasteiger partial charge >= 0.3 is 0 Å². The third-order valence-electron chi connectivity index (χ3n) is 8.37. The third-order valence-corrected chi connectivity index (χ3v) is 9.84. The van der Waals surface area contributed by atoms with E-state index in [-0.39, 0.29) is 16.9 Å². The molecule has 1 unspecified atom stereocenters. The first kappa shape index (κ1) is 29.4. The molecule has 0 aliphatic heterocycles. The van der Waals surface area contributed by atoms with Gasteiger partial charge in [0.2, 0.25) is 16.0 Å². The molecule has 13 heteroatoms. The monoisotopic (exact) mass is 625 g/mol. The molecule has 4 heterocycles. The smallest absolute Gasteiger partial charge is 0.241 e. The van der Waals surface area contributed by atoms with E-state index in [0.29, 0.717) is 35.8 Å². The van der Waals surface area contributed by atoms with Gasteiger partial charge in [0.25, 0.3) is 0 Å². The molecule has 2 aliphatic carbocycles. The molecule has 0 saturated heterocycles. The number of hydrogen-bond acceptors (Lipinski definition) is 10. The summed E-state index contributed by atoms with van der Waals surface area (Å²) in [6, 6.07) is 10.3. The summed E-state index contributed by atoms with van der Waals surface area (Å²) in [7, 11) is -3.87. The van der Waals surface area contributed by atoms with E-state index >= 15 is 0 Å². The third kappa shape index (κ3) is 5.91. The van der Waals surface area contributed by atoms with Crippen LogP contribution in [0.15, 0.2) is 78.6 Å². The van der Waals surface area contributed by atoms with Crippen LogP contribution in [0.25, 0.3) is 16.5 Å². The van der Waals surface area contributed by atoms with Crippen LogP contribution < -0.4 is 15.4 Å². The van der Waals surface area contributed by atoms with Crippen molar-refractivity contribution in [3.8, 4) is 5.69 Å². The lowest BCUT2D eigenvalue weighted by Crippen LogP contribution is -2.28. The van der Waals surface area contributed by atoms with Gasteiger partial charge in [0, 0.05) is 65.3 Å². The van der Waals surface area contributed by atoms with Gasteiger partial charge in [-0.05, 0) is 66.6 Å². The molecule has 7 rings (SSSR count). The van der Waals surface area contributed by atoms with Gasteiger partial charge in [-0.1, -0.05) is 19.9 Å². The van der Waals surface area contributed by atoms with Crippen molar-refractivity contribution in [2.45, 2.75) is 62.2 Å². The molecule has 0 bridgehead atoms. The largest absolute Gasteiger partial charge is 0.374 e. The molecule has 45 heavy (non-hydrogen) atoms. The number of aromatic nitrogens is 6. The van der Waals surface area contributed by atoms with Crippen LogP contribution in [0.1, 0.15) is 79.7 Å². The summed E-state index contributed by atoms with van der Waals surface area (Å²) in [6.07, 6.45) is 11.7. The molecule has 0 amide bonds. The summed E-state index contributed by atoms with van der Waals surface area (Å²) < 4.78 is 32.4. The van der Waals surface area contributed by atoms with E-state index in [1.54, 1.807) is 49.3 Å². The lowest BCUT2D eigenvalue weighted by atomic mass is 9.98. The van der Waals surface area contributed by atoms with Gasteiger partial charge in [-0.15, -0.1) is 10.2 Å². The summed E-state index contributed by atoms with van der Waals surface area (Å²) >= 11 is 0. The van der Waals surface area contributed by atoms with Crippen molar-refractivity contribution in [1.29, 1.82) is 0 Å². The predicted octanol–water partition coefficient (Wildman–Crippen LogP) is 4.30. The molecule has 4 N–H and O–H groups in total. The summed E-state index contributed by atoms with van der Waals surface area (Å²) in [5.41, 5.74) is 3.97. The minimum absolute atomic E-state index is 0.138. The predicted molar refractivity (Wildman–Crippen MR) is 169 cm³/mol. The number of aliphatic hydroxyl groups excluding tert-OH is 1. The number of hydrogen-bond donors (Lipinski definition) is 4. The summed E-state index contributed by atoms with van der Waals surface area (Å²) in [5, 5.41) is 28.0. The Bertz CT molecular complexity index is 1930. The highest BCUT2D eigenvalue weighted by molar-refractivity contribution is 7.89.